The van der Waals surface area contributed by atoms with Crippen LogP contribution in [0, 0.1) is 5.92 Å². The van der Waals surface area contributed by atoms with Gasteiger partial charge in [0, 0.05) is 12.9 Å². The fourth-order valence-corrected chi connectivity index (χ4v) is 1.60. The fraction of sp³-hybridized carbons (Fsp3) is 1.00. The second kappa shape index (κ2) is 4.14. The molecule has 0 saturated carbocycles. The highest BCUT2D eigenvalue weighted by Crippen LogP contribution is 2.11. The fourth-order valence-electron chi connectivity index (χ4n) is 0.764. The van der Waals surface area contributed by atoms with Crippen molar-refractivity contribution in [1.82, 2.24) is 5.32 Å². The van der Waals surface area contributed by atoms with E-state index in [0.717, 1.165) is 11.9 Å². The molecule has 0 unspecified atom stereocenters. The molecule has 0 amide bonds. The van der Waals surface area contributed by atoms with Gasteiger partial charge in [-0.25, -0.2) is 0 Å². The maximum absolute atomic E-state index is 4.90. The van der Waals surface area contributed by atoms with Gasteiger partial charge in [0.1, 0.15) is 0 Å². The first kappa shape index (κ1) is 7.38. The number of thioether (sulfide) groups is 1. The van der Waals surface area contributed by atoms with E-state index in [4.69, 9.17) is 4.74 Å². The molecule has 1 aliphatic rings. The standard InChI is InChI=1S/C6H13NOS/c1-8-5-9-4-6-2-7-3-6/h6-7H,2-5H2,1H3. The van der Waals surface area contributed by atoms with Crippen molar-refractivity contribution in [3.05, 3.63) is 0 Å². The van der Waals surface area contributed by atoms with Crippen LogP contribution in [0.5, 0.6) is 0 Å². The number of nitrogens with one attached hydrogen (secondary N) is 1. The molecule has 2 nitrogen and oxygen atoms in total. The molecule has 1 heterocycles. The third-order valence-corrected chi connectivity index (χ3v) is 2.53. The highest BCUT2D eigenvalue weighted by molar-refractivity contribution is 7.99. The van der Waals surface area contributed by atoms with Crippen LogP contribution in [0.15, 0.2) is 0 Å². The van der Waals surface area contributed by atoms with E-state index < -0.39 is 0 Å². The second-order valence-electron chi connectivity index (χ2n) is 2.30. The molecule has 0 aromatic carbocycles. The van der Waals surface area contributed by atoms with Crippen LogP contribution in [0.4, 0.5) is 0 Å². The number of ether oxygens (including phenoxy) is 1. The van der Waals surface area contributed by atoms with Gasteiger partial charge in [0.15, 0.2) is 0 Å². The zero-order valence-electron chi connectivity index (χ0n) is 5.72. The monoisotopic (exact) mass is 147 g/mol. The minimum Gasteiger partial charge on any atom is -0.374 e. The van der Waals surface area contributed by atoms with Gasteiger partial charge in [0.25, 0.3) is 0 Å². The van der Waals surface area contributed by atoms with E-state index in [9.17, 15) is 0 Å². The van der Waals surface area contributed by atoms with Crippen molar-refractivity contribution in [3.8, 4) is 0 Å². The summed E-state index contributed by atoms with van der Waals surface area (Å²) >= 11 is 1.87. The topological polar surface area (TPSA) is 21.3 Å². The molecule has 0 bridgehead atoms. The molecule has 1 fully saturated rings. The van der Waals surface area contributed by atoms with Crippen LogP contribution >= 0.6 is 11.8 Å². The first-order chi connectivity index (χ1) is 4.43. The predicted molar refractivity (Wildman–Crippen MR) is 40.7 cm³/mol. The molecule has 1 saturated heterocycles. The van der Waals surface area contributed by atoms with Gasteiger partial charge in [-0.15, -0.1) is 11.8 Å². The summed E-state index contributed by atoms with van der Waals surface area (Å²) in [5, 5.41) is 3.23. The van der Waals surface area contributed by atoms with Crippen LogP contribution in [0.1, 0.15) is 0 Å². The Kier molecular flexibility index (Phi) is 3.40. The summed E-state index contributed by atoms with van der Waals surface area (Å²) in [6.07, 6.45) is 0. The Morgan fingerprint density at radius 3 is 2.89 bits per heavy atom. The highest BCUT2D eigenvalue weighted by atomic mass is 32.2. The van der Waals surface area contributed by atoms with E-state index in [2.05, 4.69) is 5.32 Å². The van der Waals surface area contributed by atoms with Gasteiger partial charge >= 0.3 is 0 Å². The number of hydrogen-bond acceptors (Lipinski definition) is 3. The summed E-state index contributed by atoms with van der Waals surface area (Å²) < 4.78 is 4.90. The Balaban J connectivity index is 1.80. The van der Waals surface area contributed by atoms with Crippen LogP contribution < -0.4 is 5.32 Å². The molecule has 0 aromatic rings. The number of rotatable bonds is 4. The molecule has 0 aromatic heterocycles. The zero-order valence-corrected chi connectivity index (χ0v) is 6.54. The minimum absolute atomic E-state index is 0.844. The van der Waals surface area contributed by atoms with Gasteiger partial charge in [0.05, 0.1) is 5.94 Å². The Hall–Kier alpha value is 0.270. The quantitative estimate of drug-likeness (QED) is 0.463. The van der Waals surface area contributed by atoms with Crippen molar-refractivity contribution in [3.63, 3.8) is 0 Å². The van der Waals surface area contributed by atoms with Gasteiger partial charge in [-0.05, 0) is 19.0 Å². The van der Waals surface area contributed by atoms with Crippen LogP contribution in [0.2, 0.25) is 0 Å². The second-order valence-corrected chi connectivity index (χ2v) is 3.28. The molecule has 9 heavy (non-hydrogen) atoms. The van der Waals surface area contributed by atoms with Gasteiger partial charge in [-0.1, -0.05) is 0 Å². The minimum atomic E-state index is 0.844. The van der Waals surface area contributed by atoms with E-state index in [-0.39, 0.29) is 0 Å². The van der Waals surface area contributed by atoms with Gasteiger partial charge in [-0.2, -0.15) is 0 Å². The summed E-state index contributed by atoms with van der Waals surface area (Å²) in [6.45, 7) is 2.41. The lowest BCUT2D eigenvalue weighted by atomic mass is 10.1. The Bertz CT molecular complexity index is 75.5. The average Bonchev–Trinajstić information content (AvgIpc) is 1.76. The van der Waals surface area contributed by atoms with Gasteiger partial charge in [-0.3, -0.25) is 0 Å². The lowest BCUT2D eigenvalue weighted by molar-refractivity contribution is 0.258. The third-order valence-electron chi connectivity index (χ3n) is 1.42. The molecule has 0 aliphatic carbocycles. The maximum Gasteiger partial charge on any atom is 0.0917 e. The van der Waals surface area contributed by atoms with Crippen LogP contribution in [0.3, 0.4) is 0 Å². The third kappa shape index (κ3) is 2.56. The van der Waals surface area contributed by atoms with E-state index in [1.807, 2.05) is 11.8 Å². The molecule has 1 N–H and O–H groups in total. The highest BCUT2D eigenvalue weighted by Gasteiger charge is 2.15. The average molecular weight is 147 g/mol. The van der Waals surface area contributed by atoms with Crippen molar-refractivity contribution in [2.75, 3.05) is 31.9 Å². The van der Waals surface area contributed by atoms with Crippen molar-refractivity contribution < 1.29 is 4.74 Å². The normalized spacial score (nSPS) is 19.7. The lowest BCUT2D eigenvalue weighted by Crippen LogP contribution is -2.43. The van der Waals surface area contributed by atoms with E-state index in [0.29, 0.717) is 0 Å². The van der Waals surface area contributed by atoms with Gasteiger partial charge in [0.2, 0.25) is 0 Å². The first-order valence-electron chi connectivity index (χ1n) is 3.21. The van der Waals surface area contributed by atoms with Crippen molar-refractivity contribution >= 4 is 11.8 Å². The summed E-state index contributed by atoms with van der Waals surface area (Å²) in [5.41, 5.74) is 0. The SMILES string of the molecule is COCSCC1CNC1. The summed E-state index contributed by atoms with van der Waals surface area (Å²) in [6, 6.07) is 0. The largest absolute Gasteiger partial charge is 0.374 e. The molecule has 1 rings (SSSR count). The van der Waals surface area contributed by atoms with Crippen LogP contribution in [0.25, 0.3) is 0 Å². The molecule has 1 aliphatic heterocycles. The predicted octanol–water partition coefficient (Wildman–Crippen LogP) is 0.543. The summed E-state index contributed by atoms with van der Waals surface area (Å²) in [7, 11) is 1.74. The van der Waals surface area contributed by atoms with E-state index in [1.165, 1.54) is 18.8 Å². The lowest BCUT2D eigenvalue weighted by Gasteiger charge is -2.26. The van der Waals surface area contributed by atoms with Gasteiger partial charge < -0.3 is 10.1 Å². The summed E-state index contributed by atoms with van der Waals surface area (Å²) in [4.78, 5) is 0. The molecule has 0 radical (unpaired) electrons. The summed E-state index contributed by atoms with van der Waals surface area (Å²) in [5.74, 6) is 3.00. The Morgan fingerprint density at radius 1 is 1.67 bits per heavy atom. The molecule has 3 heteroatoms. The van der Waals surface area contributed by atoms with Crippen LogP contribution in [-0.2, 0) is 4.74 Å². The smallest absolute Gasteiger partial charge is 0.0917 e. The number of methoxy groups -OCH3 is 1. The number of hydrogen-bond donors (Lipinski definition) is 1. The maximum atomic E-state index is 4.90. The van der Waals surface area contributed by atoms with E-state index >= 15 is 0 Å². The van der Waals surface area contributed by atoms with Crippen molar-refractivity contribution in [2.24, 2.45) is 5.92 Å². The van der Waals surface area contributed by atoms with Crippen molar-refractivity contribution in [2.45, 2.75) is 0 Å². The zero-order chi connectivity index (χ0) is 6.53. The molecule has 0 spiro atoms. The Labute approximate surface area is 60.3 Å². The first-order valence-corrected chi connectivity index (χ1v) is 4.36. The van der Waals surface area contributed by atoms with Crippen LogP contribution in [-0.4, -0.2) is 31.9 Å². The molecular formula is C6H13NOS. The van der Waals surface area contributed by atoms with Crippen molar-refractivity contribution in [1.29, 1.82) is 0 Å². The van der Waals surface area contributed by atoms with E-state index in [1.54, 1.807) is 7.11 Å². The molecule has 0 atom stereocenters. The molecular weight excluding hydrogens is 134 g/mol. The molecule has 54 valence electrons. The Morgan fingerprint density at radius 2 is 2.44 bits per heavy atom.